The third-order valence-corrected chi connectivity index (χ3v) is 3.15. The predicted molar refractivity (Wildman–Crippen MR) is 82.2 cm³/mol. The SMILES string of the molecule is O=C(Nc1ccccc1)c1nccn1Cc1ccccc1. The van der Waals surface area contributed by atoms with Gasteiger partial charge in [0.15, 0.2) is 5.82 Å². The second-order valence-corrected chi connectivity index (χ2v) is 4.68. The molecule has 0 saturated carbocycles. The first-order valence-corrected chi connectivity index (χ1v) is 6.74. The zero-order chi connectivity index (χ0) is 14.5. The molecule has 0 radical (unpaired) electrons. The Morgan fingerprint density at radius 1 is 1.00 bits per heavy atom. The number of nitrogens with one attached hydrogen (secondary N) is 1. The molecular weight excluding hydrogens is 262 g/mol. The average molecular weight is 277 g/mol. The van der Waals surface area contributed by atoms with Crippen molar-refractivity contribution in [1.82, 2.24) is 9.55 Å². The number of amides is 1. The number of carbonyl (C=O) groups excluding carboxylic acids is 1. The highest BCUT2D eigenvalue weighted by Crippen LogP contribution is 2.09. The zero-order valence-corrected chi connectivity index (χ0v) is 11.4. The van der Waals surface area contributed by atoms with E-state index in [1.807, 2.05) is 71.4 Å². The van der Waals surface area contributed by atoms with Crippen molar-refractivity contribution < 1.29 is 4.79 Å². The van der Waals surface area contributed by atoms with Gasteiger partial charge in [0.25, 0.3) is 5.91 Å². The monoisotopic (exact) mass is 277 g/mol. The van der Waals surface area contributed by atoms with Crippen molar-refractivity contribution in [2.24, 2.45) is 0 Å². The Labute approximate surface area is 123 Å². The largest absolute Gasteiger partial charge is 0.322 e. The molecule has 1 aromatic heterocycles. The highest BCUT2D eigenvalue weighted by molar-refractivity contribution is 6.01. The summed E-state index contributed by atoms with van der Waals surface area (Å²) in [4.78, 5) is 16.5. The highest BCUT2D eigenvalue weighted by atomic mass is 16.2. The molecule has 1 amide bonds. The third-order valence-electron chi connectivity index (χ3n) is 3.15. The lowest BCUT2D eigenvalue weighted by molar-refractivity contribution is 0.101. The normalized spacial score (nSPS) is 10.3. The fraction of sp³-hybridized carbons (Fsp3) is 0.0588. The fourth-order valence-electron chi connectivity index (χ4n) is 2.13. The van der Waals surface area contributed by atoms with Gasteiger partial charge in [0.05, 0.1) is 0 Å². The number of imidazole rings is 1. The molecule has 0 bridgehead atoms. The molecule has 0 unspecified atom stereocenters. The van der Waals surface area contributed by atoms with Gasteiger partial charge in [-0.1, -0.05) is 48.5 Å². The molecule has 0 fully saturated rings. The van der Waals surface area contributed by atoms with Crippen LogP contribution in [0.1, 0.15) is 16.2 Å². The van der Waals surface area contributed by atoms with E-state index in [-0.39, 0.29) is 5.91 Å². The number of hydrogen-bond donors (Lipinski definition) is 1. The smallest absolute Gasteiger partial charge is 0.291 e. The maximum Gasteiger partial charge on any atom is 0.291 e. The first-order chi connectivity index (χ1) is 10.3. The molecule has 1 N–H and O–H groups in total. The highest BCUT2D eigenvalue weighted by Gasteiger charge is 2.13. The summed E-state index contributed by atoms with van der Waals surface area (Å²) in [6.45, 7) is 0.623. The summed E-state index contributed by atoms with van der Waals surface area (Å²) in [7, 11) is 0. The van der Waals surface area contributed by atoms with E-state index in [2.05, 4.69) is 10.3 Å². The van der Waals surface area contributed by atoms with Crippen LogP contribution in [0.25, 0.3) is 0 Å². The van der Waals surface area contributed by atoms with Gasteiger partial charge in [-0.3, -0.25) is 4.79 Å². The first kappa shape index (κ1) is 13.1. The van der Waals surface area contributed by atoms with Crippen LogP contribution in [0.3, 0.4) is 0 Å². The lowest BCUT2D eigenvalue weighted by Gasteiger charge is -2.08. The van der Waals surface area contributed by atoms with Gasteiger partial charge in [0.1, 0.15) is 0 Å². The molecule has 1 heterocycles. The Bertz CT molecular complexity index is 720. The van der Waals surface area contributed by atoms with Gasteiger partial charge in [-0.15, -0.1) is 0 Å². The maximum absolute atomic E-state index is 12.3. The first-order valence-electron chi connectivity index (χ1n) is 6.74. The van der Waals surface area contributed by atoms with Crippen LogP contribution in [-0.2, 0) is 6.54 Å². The predicted octanol–water partition coefficient (Wildman–Crippen LogP) is 3.18. The van der Waals surface area contributed by atoms with Gasteiger partial charge < -0.3 is 9.88 Å². The van der Waals surface area contributed by atoms with E-state index in [9.17, 15) is 4.79 Å². The molecule has 2 aromatic carbocycles. The van der Waals surface area contributed by atoms with Crippen molar-refractivity contribution in [3.8, 4) is 0 Å². The minimum absolute atomic E-state index is 0.206. The van der Waals surface area contributed by atoms with Crippen LogP contribution in [0.15, 0.2) is 73.1 Å². The van der Waals surface area contributed by atoms with Crippen LogP contribution >= 0.6 is 0 Å². The van der Waals surface area contributed by atoms with Crippen molar-refractivity contribution in [3.63, 3.8) is 0 Å². The van der Waals surface area contributed by atoms with Gasteiger partial charge >= 0.3 is 0 Å². The Balaban J connectivity index is 1.77. The zero-order valence-electron chi connectivity index (χ0n) is 11.4. The van der Waals surface area contributed by atoms with Crippen molar-refractivity contribution in [2.45, 2.75) is 6.54 Å². The third kappa shape index (κ3) is 3.17. The molecule has 4 heteroatoms. The molecule has 0 aliphatic rings. The number of benzene rings is 2. The van der Waals surface area contributed by atoms with E-state index in [1.54, 1.807) is 6.20 Å². The minimum Gasteiger partial charge on any atom is -0.322 e. The molecule has 0 aliphatic heterocycles. The summed E-state index contributed by atoms with van der Waals surface area (Å²) in [6.07, 6.45) is 3.45. The van der Waals surface area contributed by atoms with E-state index in [1.165, 1.54) is 0 Å². The van der Waals surface area contributed by atoms with Crippen LogP contribution in [0.4, 0.5) is 5.69 Å². The fourth-order valence-corrected chi connectivity index (χ4v) is 2.13. The molecule has 3 aromatic rings. The van der Waals surface area contributed by atoms with Crippen LogP contribution < -0.4 is 5.32 Å². The second-order valence-electron chi connectivity index (χ2n) is 4.68. The molecule has 0 aliphatic carbocycles. The molecule has 104 valence electrons. The summed E-state index contributed by atoms with van der Waals surface area (Å²) >= 11 is 0. The molecule has 0 saturated heterocycles. The van der Waals surface area contributed by atoms with Gasteiger partial charge in [-0.25, -0.2) is 4.98 Å². The number of anilines is 1. The van der Waals surface area contributed by atoms with Crippen LogP contribution in [0, 0.1) is 0 Å². The van der Waals surface area contributed by atoms with Gasteiger partial charge in [-0.05, 0) is 17.7 Å². The van der Waals surface area contributed by atoms with E-state index in [0.29, 0.717) is 12.4 Å². The molecular formula is C17H15N3O. The van der Waals surface area contributed by atoms with Gasteiger partial charge in [0, 0.05) is 24.6 Å². The quantitative estimate of drug-likeness (QED) is 0.796. The Hall–Kier alpha value is -2.88. The van der Waals surface area contributed by atoms with Crippen molar-refractivity contribution in [1.29, 1.82) is 0 Å². The number of nitrogens with zero attached hydrogens (tertiary/aromatic N) is 2. The van der Waals surface area contributed by atoms with Crippen LogP contribution in [0.2, 0.25) is 0 Å². The average Bonchev–Trinajstić information content (AvgIpc) is 2.97. The number of carbonyl (C=O) groups is 1. The summed E-state index contributed by atoms with van der Waals surface area (Å²) in [6, 6.07) is 19.4. The second kappa shape index (κ2) is 6.05. The number of rotatable bonds is 4. The molecule has 21 heavy (non-hydrogen) atoms. The minimum atomic E-state index is -0.206. The van der Waals surface area contributed by atoms with E-state index in [4.69, 9.17) is 0 Å². The van der Waals surface area contributed by atoms with Crippen LogP contribution in [0.5, 0.6) is 0 Å². The Morgan fingerprint density at radius 3 is 2.38 bits per heavy atom. The van der Waals surface area contributed by atoms with Crippen molar-refractivity contribution >= 4 is 11.6 Å². The molecule has 0 spiro atoms. The van der Waals surface area contributed by atoms with E-state index < -0.39 is 0 Å². The Morgan fingerprint density at radius 2 is 1.67 bits per heavy atom. The lowest BCUT2D eigenvalue weighted by atomic mass is 10.2. The molecule has 3 rings (SSSR count). The van der Waals surface area contributed by atoms with E-state index >= 15 is 0 Å². The van der Waals surface area contributed by atoms with Gasteiger partial charge in [0.2, 0.25) is 0 Å². The lowest BCUT2D eigenvalue weighted by Crippen LogP contribution is -2.18. The molecule has 0 atom stereocenters. The summed E-state index contributed by atoms with van der Waals surface area (Å²) < 4.78 is 1.84. The number of aromatic nitrogens is 2. The molecule has 4 nitrogen and oxygen atoms in total. The van der Waals surface area contributed by atoms with Crippen LogP contribution in [-0.4, -0.2) is 15.5 Å². The summed E-state index contributed by atoms with van der Waals surface area (Å²) in [5.41, 5.74) is 1.89. The standard InChI is InChI=1S/C17H15N3O/c21-17(19-15-9-5-2-6-10-15)16-18-11-12-20(16)13-14-7-3-1-4-8-14/h1-12H,13H2,(H,19,21). The maximum atomic E-state index is 12.3. The van der Waals surface area contributed by atoms with Crippen molar-refractivity contribution in [3.05, 3.63) is 84.4 Å². The topological polar surface area (TPSA) is 46.9 Å². The van der Waals surface area contributed by atoms with Crippen molar-refractivity contribution in [2.75, 3.05) is 5.32 Å². The summed E-state index contributed by atoms with van der Waals surface area (Å²) in [5, 5.41) is 2.85. The van der Waals surface area contributed by atoms with E-state index in [0.717, 1.165) is 11.3 Å². The Kier molecular flexibility index (Phi) is 3.78. The number of para-hydroxylation sites is 1. The number of hydrogen-bond acceptors (Lipinski definition) is 2. The summed E-state index contributed by atoms with van der Waals surface area (Å²) in [5.74, 6) is 0.199. The van der Waals surface area contributed by atoms with Gasteiger partial charge in [-0.2, -0.15) is 0 Å².